The fraction of sp³-hybridized carbons (Fsp3) is 0.297. The van der Waals surface area contributed by atoms with E-state index < -0.39 is 28.5 Å². The Kier molecular flexibility index (Phi) is 11.6. The Labute approximate surface area is 282 Å². The van der Waals surface area contributed by atoms with Crippen molar-refractivity contribution in [1.82, 2.24) is 10.2 Å². The van der Waals surface area contributed by atoms with Crippen molar-refractivity contribution in [2.45, 2.75) is 62.6 Å². The highest BCUT2D eigenvalue weighted by Crippen LogP contribution is 2.27. The van der Waals surface area contributed by atoms with Crippen LogP contribution in [0.5, 0.6) is 5.75 Å². The highest BCUT2D eigenvalue weighted by molar-refractivity contribution is 7.92. The van der Waals surface area contributed by atoms with E-state index in [1.165, 1.54) is 17.0 Å². The maximum atomic E-state index is 14.6. The molecule has 246 valence electrons. The minimum atomic E-state index is -4.21. The van der Waals surface area contributed by atoms with Gasteiger partial charge in [-0.3, -0.25) is 13.9 Å². The highest BCUT2D eigenvalue weighted by atomic mass is 35.5. The number of carbonyl (C=O) groups is 2. The normalized spacial score (nSPS) is 13.9. The first-order valence-electron chi connectivity index (χ1n) is 15.9. The number of amides is 2. The third-order valence-electron chi connectivity index (χ3n) is 8.26. The van der Waals surface area contributed by atoms with E-state index in [1.807, 2.05) is 43.3 Å². The molecule has 1 aliphatic carbocycles. The molecule has 0 aliphatic heterocycles. The summed E-state index contributed by atoms with van der Waals surface area (Å²) < 4.78 is 35.0. The number of carbonyl (C=O) groups excluding carboxylic acids is 2. The van der Waals surface area contributed by atoms with Gasteiger partial charge in [-0.2, -0.15) is 0 Å². The largest absolute Gasteiger partial charge is 0.494 e. The van der Waals surface area contributed by atoms with Gasteiger partial charge < -0.3 is 15.0 Å². The van der Waals surface area contributed by atoms with E-state index in [1.54, 1.807) is 60.7 Å². The quantitative estimate of drug-likeness (QED) is 0.162. The first-order valence-corrected chi connectivity index (χ1v) is 17.7. The van der Waals surface area contributed by atoms with Gasteiger partial charge in [0.05, 0.1) is 17.2 Å². The predicted molar refractivity (Wildman–Crippen MR) is 185 cm³/mol. The van der Waals surface area contributed by atoms with E-state index in [9.17, 15) is 18.0 Å². The van der Waals surface area contributed by atoms with Gasteiger partial charge in [-0.25, -0.2) is 8.42 Å². The van der Waals surface area contributed by atoms with E-state index in [4.69, 9.17) is 16.3 Å². The summed E-state index contributed by atoms with van der Waals surface area (Å²) in [5.41, 5.74) is 1.93. The number of anilines is 1. The summed E-state index contributed by atoms with van der Waals surface area (Å²) in [6.45, 7) is 1.82. The molecular formula is C37H40ClN3O5S. The highest BCUT2D eigenvalue weighted by Gasteiger charge is 2.35. The summed E-state index contributed by atoms with van der Waals surface area (Å²) in [5, 5.41) is 3.68. The summed E-state index contributed by atoms with van der Waals surface area (Å²) in [5.74, 6) is -0.249. The van der Waals surface area contributed by atoms with Crippen LogP contribution >= 0.6 is 11.6 Å². The third-order valence-corrected chi connectivity index (χ3v) is 10.3. The number of nitrogens with one attached hydrogen (secondary N) is 1. The molecule has 0 saturated heterocycles. The van der Waals surface area contributed by atoms with Crippen LogP contribution in [0.25, 0.3) is 0 Å². The molecule has 5 rings (SSSR count). The number of halogens is 1. The smallest absolute Gasteiger partial charge is 0.264 e. The second-order valence-electron chi connectivity index (χ2n) is 11.6. The number of hydrogen-bond donors (Lipinski definition) is 1. The zero-order valence-electron chi connectivity index (χ0n) is 26.4. The molecular weight excluding hydrogens is 634 g/mol. The summed E-state index contributed by atoms with van der Waals surface area (Å²) in [7, 11) is -4.21. The zero-order chi connectivity index (χ0) is 33.2. The predicted octanol–water partition coefficient (Wildman–Crippen LogP) is 6.63. The van der Waals surface area contributed by atoms with Crippen LogP contribution in [-0.2, 0) is 32.6 Å². The summed E-state index contributed by atoms with van der Waals surface area (Å²) in [6, 6.07) is 30.4. The van der Waals surface area contributed by atoms with E-state index in [2.05, 4.69) is 5.32 Å². The molecule has 0 spiro atoms. The van der Waals surface area contributed by atoms with Gasteiger partial charge in [0, 0.05) is 24.0 Å². The standard InChI is InChI=1S/C37H40ClN3O5S/c1-2-46-33-20-22-34(23-21-33)47(44,45)41(32-18-7-4-8-19-32)27-36(42)40(26-29-14-11-15-30(38)24-29)35(25-28-12-5-3-6-13-28)37(43)39-31-16-9-10-17-31/h3-8,11-15,18-24,31,35H,2,9-10,16-17,25-27H2,1H3,(H,39,43)/t35-/m0/s1. The fourth-order valence-corrected chi connectivity index (χ4v) is 7.51. The van der Waals surface area contributed by atoms with Gasteiger partial charge in [-0.15, -0.1) is 0 Å². The van der Waals surface area contributed by atoms with E-state index in [0.717, 1.165) is 41.1 Å². The minimum absolute atomic E-state index is 0.0128. The van der Waals surface area contributed by atoms with E-state index in [-0.39, 0.29) is 29.8 Å². The van der Waals surface area contributed by atoms with Crippen LogP contribution in [0.4, 0.5) is 5.69 Å². The van der Waals surface area contributed by atoms with Gasteiger partial charge in [-0.05, 0) is 79.4 Å². The lowest BCUT2D eigenvalue weighted by Crippen LogP contribution is -2.54. The van der Waals surface area contributed by atoms with Gasteiger partial charge in [-0.1, -0.05) is 85.1 Å². The van der Waals surface area contributed by atoms with Gasteiger partial charge in [0.25, 0.3) is 10.0 Å². The third kappa shape index (κ3) is 8.93. The van der Waals surface area contributed by atoms with Crippen LogP contribution in [0.15, 0.2) is 114 Å². The molecule has 4 aromatic rings. The molecule has 0 aromatic heterocycles. The lowest BCUT2D eigenvalue weighted by Gasteiger charge is -2.34. The van der Waals surface area contributed by atoms with Crippen LogP contribution in [0.2, 0.25) is 5.02 Å². The number of para-hydroxylation sites is 1. The molecule has 47 heavy (non-hydrogen) atoms. The first kappa shape index (κ1) is 34.0. The van der Waals surface area contributed by atoms with Crippen LogP contribution < -0.4 is 14.4 Å². The van der Waals surface area contributed by atoms with Gasteiger partial charge >= 0.3 is 0 Å². The van der Waals surface area contributed by atoms with Gasteiger partial charge in [0.1, 0.15) is 18.3 Å². The van der Waals surface area contributed by atoms with Crippen molar-refractivity contribution in [3.8, 4) is 5.75 Å². The molecule has 0 unspecified atom stereocenters. The number of benzene rings is 4. The second-order valence-corrected chi connectivity index (χ2v) is 13.9. The van der Waals surface area contributed by atoms with Crippen LogP contribution in [-0.4, -0.2) is 50.4 Å². The summed E-state index contributed by atoms with van der Waals surface area (Å²) in [4.78, 5) is 30.2. The Bertz CT molecular complexity index is 1730. The first-order chi connectivity index (χ1) is 22.7. The number of hydrogen-bond acceptors (Lipinski definition) is 5. The second kappa shape index (κ2) is 16.0. The van der Waals surface area contributed by atoms with Crippen molar-refractivity contribution in [2.75, 3.05) is 17.5 Å². The van der Waals surface area contributed by atoms with E-state index in [0.29, 0.717) is 23.1 Å². The zero-order valence-corrected chi connectivity index (χ0v) is 28.0. The monoisotopic (exact) mass is 673 g/mol. The topological polar surface area (TPSA) is 96.0 Å². The lowest BCUT2D eigenvalue weighted by molar-refractivity contribution is -0.140. The van der Waals surface area contributed by atoms with Crippen molar-refractivity contribution in [3.05, 3.63) is 125 Å². The Morgan fingerprint density at radius 3 is 2.15 bits per heavy atom. The average Bonchev–Trinajstić information content (AvgIpc) is 3.59. The molecule has 8 nitrogen and oxygen atoms in total. The average molecular weight is 674 g/mol. The lowest BCUT2D eigenvalue weighted by atomic mass is 10.0. The molecule has 2 amide bonds. The van der Waals surface area contributed by atoms with Crippen molar-refractivity contribution >= 4 is 39.1 Å². The molecule has 1 saturated carbocycles. The number of rotatable bonds is 14. The number of nitrogens with zero attached hydrogens (tertiary/aromatic N) is 2. The molecule has 1 N–H and O–H groups in total. The Morgan fingerprint density at radius 2 is 1.51 bits per heavy atom. The fourth-order valence-electron chi connectivity index (χ4n) is 5.88. The molecule has 1 atom stereocenters. The van der Waals surface area contributed by atoms with Crippen molar-refractivity contribution < 1.29 is 22.7 Å². The van der Waals surface area contributed by atoms with Crippen molar-refractivity contribution in [1.29, 1.82) is 0 Å². The Balaban J connectivity index is 1.54. The maximum absolute atomic E-state index is 14.6. The van der Waals surface area contributed by atoms with Crippen molar-refractivity contribution in [3.63, 3.8) is 0 Å². The SMILES string of the molecule is CCOc1ccc(S(=O)(=O)N(CC(=O)N(Cc2cccc(Cl)c2)[C@@H](Cc2ccccc2)C(=O)NC2CCCC2)c2ccccc2)cc1. The molecule has 1 fully saturated rings. The van der Waals surface area contributed by atoms with E-state index >= 15 is 0 Å². The van der Waals surface area contributed by atoms with Gasteiger partial charge in [0.15, 0.2) is 0 Å². The molecule has 0 bridgehead atoms. The minimum Gasteiger partial charge on any atom is -0.494 e. The molecule has 4 aromatic carbocycles. The Hall–Kier alpha value is -4.34. The van der Waals surface area contributed by atoms with Crippen LogP contribution in [0.1, 0.15) is 43.7 Å². The summed E-state index contributed by atoms with van der Waals surface area (Å²) >= 11 is 6.34. The molecule has 0 radical (unpaired) electrons. The molecule has 0 heterocycles. The Morgan fingerprint density at radius 1 is 0.872 bits per heavy atom. The molecule has 10 heteroatoms. The van der Waals surface area contributed by atoms with Gasteiger partial charge in [0.2, 0.25) is 11.8 Å². The number of sulfonamides is 1. The van der Waals surface area contributed by atoms with Crippen molar-refractivity contribution in [2.24, 2.45) is 0 Å². The number of ether oxygens (including phenoxy) is 1. The summed E-state index contributed by atoms with van der Waals surface area (Å²) in [6.07, 6.45) is 4.09. The van der Waals surface area contributed by atoms with Crippen LogP contribution in [0, 0.1) is 0 Å². The van der Waals surface area contributed by atoms with Crippen LogP contribution in [0.3, 0.4) is 0 Å². The molecule has 1 aliphatic rings. The maximum Gasteiger partial charge on any atom is 0.264 e.